The standard InChI is InChI=1S/C17H18FN3O/c18-12-6-8-13(9-7-12)21-16-3-1-2-15(14(16)10-19-21)20-17(22)11-4-5-11/h6-11,15H,1-5H2,(H,20,22)/t15-/m0/s1. The van der Waals surface area contributed by atoms with Gasteiger partial charge in [-0.3, -0.25) is 4.79 Å². The summed E-state index contributed by atoms with van der Waals surface area (Å²) in [5, 5.41) is 7.62. The SMILES string of the molecule is O=C(N[C@H]1CCCc2c1cnn2-c1ccc(F)cc1)C1CC1. The molecule has 1 aromatic heterocycles. The first-order valence-electron chi connectivity index (χ1n) is 7.85. The van der Waals surface area contributed by atoms with E-state index in [1.54, 1.807) is 12.1 Å². The molecular formula is C17H18FN3O. The number of fused-ring (bicyclic) bond motifs is 1. The van der Waals surface area contributed by atoms with Crippen LogP contribution in [0.15, 0.2) is 30.5 Å². The molecule has 0 spiro atoms. The second-order valence-corrected chi connectivity index (χ2v) is 6.16. The molecule has 1 atom stereocenters. The Morgan fingerprint density at radius 2 is 2.00 bits per heavy atom. The van der Waals surface area contributed by atoms with Gasteiger partial charge in [-0.2, -0.15) is 5.10 Å². The molecule has 2 aliphatic carbocycles. The molecule has 1 aromatic carbocycles. The summed E-state index contributed by atoms with van der Waals surface area (Å²) in [6.45, 7) is 0. The van der Waals surface area contributed by atoms with Gasteiger partial charge in [0.15, 0.2) is 0 Å². The van der Waals surface area contributed by atoms with E-state index in [0.717, 1.165) is 49.0 Å². The van der Waals surface area contributed by atoms with Crippen LogP contribution in [0.25, 0.3) is 5.69 Å². The predicted molar refractivity (Wildman–Crippen MR) is 80.1 cm³/mol. The highest BCUT2D eigenvalue weighted by molar-refractivity contribution is 5.81. The van der Waals surface area contributed by atoms with E-state index in [-0.39, 0.29) is 23.7 Å². The molecule has 1 heterocycles. The van der Waals surface area contributed by atoms with Crippen molar-refractivity contribution in [2.24, 2.45) is 5.92 Å². The van der Waals surface area contributed by atoms with Crippen LogP contribution in [-0.4, -0.2) is 15.7 Å². The summed E-state index contributed by atoms with van der Waals surface area (Å²) >= 11 is 0. The number of carbonyl (C=O) groups excluding carboxylic acids is 1. The molecule has 1 amide bonds. The molecule has 0 radical (unpaired) electrons. The molecule has 22 heavy (non-hydrogen) atoms. The van der Waals surface area contributed by atoms with Gasteiger partial charge in [-0.15, -0.1) is 0 Å². The lowest BCUT2D eigenvalue weighted by Gasteiger charge is -2.24. The Balaban J connectivity index is 1.63. The second kappa shape index (κ2) is 5.23. The molecule has 1 N–H and O–H groups in total. The molecule has 114 valence electrons. The van der Waals surface area contributed by atoms with Gasteiger partial charge in [0.1, 0.15) is 5.82 Å². The fourth-order valence-corrected chi connectivity index (χ4v) is 3.15. The molecule has 4 nitrogen and oxygen atoms in total. The van der Waals surface area contributed by atoms with Crippen LogP contribution < -0.4 is 5.32 Å². The third-order valence-corrected chi connectivity index (χ3v) is 4.52. The summed E-state index contributed by atoms with van der Waals surface area (Å²) in [5.41, 5.74) is 3.08. The third kappa shape index (κ3) is 2.40. The van der Waals surface area contributed by atoms with Crippen molar-refractivity contribution in [3.63, 3.8) is 0 Å². The maximum absolute atomic E-state index is 13.1. The zero-order chi connectivity index (χ0) is 15.1. The van der Waals surface area contributed by atoms with Crippen molar-refractivity contribution in [1.29, 1.82) is 0 Å². The minimum atomic E-state index is -0.251. The summed E-state index contributed by atoms with van der Waals surface area (Å²) in [7, 11) is 0. The van der Waals surface area contributed by atoms with Crippen LogP contribution in [-0.2, 0) is 11.2 Å². The van der Waals surface area contributed by atoms with Crippen LogP contribution in [0.1, 0.15) is 43.0 Å². The molecule has 4 rings (SSSR count). The van der Waals surface area contributed by atoms with Crippen molar-refractivity contribution in [3.05, 3.63) is 47.5 Å². The zero-order valence-corrected chi connectivity index (χ0v) is 12.3. The lowest BCUT2D eigenvalue weighted by Crippen LogP contribution is -2.31. The third-order valence-electron chi connectivity index (χ3n) is 4.52. The zero-order valence-electron chi connectivity index (χ0n) is 12.3. The fraction of sp³-hybridized carbons (Fsp3) is 0.412. The molecule has 2 aromatic rings. The smallest absolute Gasteiger partial charge is 0.223 e. The monoisotopic (exact) mass is 299 g/mol. The van der Waals surface area contributed by atoms with Gasteiger partial charge in [-0.1, -0.05) is 0 Å². The van der Waals surface area contributed by atoms with Crippen molar-refractivity contribution in [1.82, 2.24) is 15.1 Å². The second-order valence-electron chi connectivity index (χ2n) is 6.16. The Bertz CT molecular complexity index is 703. The maximum Gasteiger partial charge on any atom is 0.223 e. The number of halogens is 1. The Labute approximate surface area is 128 Å². The van der Waals surface area contributed by atoms with Gasteiger partial charge < -0.3 is 5.32 Å². The summed E-state index contributed by atoms with van der Waals surface area (Å²) in [4.78, 5) is 12.0. The Morgan fingerprint density at radius 1 is 1.23 bits per heavy atom. The van der Waals surface area contributed by atoms with Crippen LogP contribution in [0, 0.1) is 11.7 Å². The number of hydrogen-bond donors (Lipinski definition) is 1. The summed E-state index contributed by atoms with van der Waals surface area (Å²) in [6, 6.07) is 6.41. The largest absolute Gasteiger partial charge is 0.349 e. The topological polar surface area (TPSA) is 46.9 Å². The molecule has 0 bridgehead atoms. The van der Waals surface area contributed by atoms with E-state index < -0.39 is 0 Å². The first-order chi connectivity index (χ1) is 10.7. The quantitative estimate of drug-likeness (QED) is 0.947. The minimum absolute atomic E-state index is 0.0612. The highest BCUT2D eigenvalue weighted by atomic mass is 19.1. The highest BCUT2D eigenvalue weighted by Crippen LogP contribution is 2.34. The molecule has 0 saturated heterocycles. The van der Waals surface area contributed by atoms with Crippen molar-refractivity contribution in [2.45, 2.75) is 38.1 Å². The number of nitrogens with zero attached hydrogens (tertiary/aromatic N) is 2. The number of amides is 1. The van der Waals surface area contributed by atoms with E-state index in [1.807, 2.05) is 10.9 Å². The van der Waals surface area contributed by atoms with Crippen LogP contribution in [0.3, 0.4) is 0 Å². The summed E-state index contributed by atoms with van der Waals surface area (Å²) in [5.74, 6) is 0.143. The average Bonchev–Trinajstić information content (AvgIpc) is 3.29. The first-order valence-corrected chi connectivity index (χ1v) is 7.85. The minimum Gasteiger partial charge on any atom is -0.349 e. The summed E-state index contributed by atoms with van der Waals surface area (Å²) < 4.78 is 14.9. The Morgan fingerprint density at radius 3 is 2.73 bits per heavy atom. The van der Waals surface area contributed by atoms with Gasteiger partial charge in [0.25, 0.3) is 0 Å². The lowest BCUT2D eigenvalue weighted by molar-refractivity contribution is -0.123. The Hall–Kier alpha value is -2.17. The van der Waals surface area contributed by atoms with E-state index in [2.05, 4.69) is 10.4 Å². The maximum atomic E-state index is 13.1. The van der Waals surface area contributed by atoms with Gasteiger partial charge >= 0.3 is 0 Å². The lowest BCUT2D eigenvalue weighted by atomic mass is 9.92. The number of aromatic nitrogens is 2. The normalized spacial score (nSPS) is 20.5. The van der Waals surface area contributed by atoms with Gasteiger partial charge in [0.05, 0.1) is 17.9 Å². The van der Waals surface area contributed by atoms with Crippen LogP contribution in [0.2, 0.25) is 0 Å². The molecular weight excluding hydrogens is 281 g/mol. The number of nitrogens with one attached hydrogen (secondary N) is 1. The molecule has 5 heteroatoms. The highest BCUT2D eigenvalue weighted by Gasteiger charge is 2.33. The number of hydrogen-bond acceptors (Lipinski definition) is 2. The fourth-order valence-electron chi connectivity index (χ4n) is 3.15. The number of rotatable bonds is 3. The predicted octanol–water partition coefficient (Wildman–Crippen LogP) is 2.92. The van der Waals surface area contributed by atoms with E-state index in [0.29, 0.717) is 0 Å². The van der Waals surface area contributed by atoms with E-state index >= 15 is 0 Å². The molecule has 1 saturated carbocycles. The average molecular weight is 299 g/mol. The van der Waals surface area contributed by atoms with E-state index in [4.69, 9.17) is 0 Å². The van der Waals surface area contributed by atoms with Crippen LogP contribution in [0.4, 0.5) is 4.39 Å². The molecule has 0 aliphatic heterocycles. The van der Waals surface area contributed by atoms with E-state index in [1.165, 1.54) is 12.1 Å². The summed E-state index contributed by atoms with van der Waals surface area (Å²) in [6.07, 6.45) is 6.79. The molecule has 0 unspecified atom stereocenters. The van der Waals surface area contributed by atoms with Gasteiger partial charge in [-0.25, -0.2) is 9.07 Å². The van der Waals surface area contributed by atoms with E-state index in [9.17, 15) is 9.18 Å². The molecule has 1 fully saturated rings. The van der Waals surface area contributed by atoms with Crippen molar-refractivity contribution >= 4 is 5.91 Å². The van der Waals surface area contributed by atoms with Gasteiger partial charge in [0, 0.05) is 17.2 Å². The molecule has 2 aliphatic rings. The van der Waals surface area contributed by atoms with Crippen molar-refractivity contribution in [2.75, 3.05) is 0 Å². The van der Waals surface area contributed by atoms with Crippen LogP contribution >= 0.6 is 0 Å². The van der Waals surface area contributed by atoms with Crippen molar-refractivity contribution < 1.29 is 9.18 Å². The van der Waals surface area contributed by atoms with Crippen molar-refractivity contribution in [3.8, 4) is 5.69 Å². The van der Waals surface area contributed by atoms with Gasteiger partial charge in [0.2, 0.25) is 5.91 Å². The number of carbonyl (C=O) groups is 1. The Kier molecular flexibility index (Phi) is 3.21. The number of benzene rings is 1. The van der Waals surface area contributed by atoms with Gasteiger partial charge in [-0.05, 0) is 56.4 Å². The van der Waals surface area contributed by atoms with Crippen LogP contribution in [0.5, 0.6) is 0 Å². The first kappa shape index (κ1) is 13.5.